The Morgan fingerprint density at radius 2 is 2.32 bits per heavy atom. The van der Waals surface area contributed by atoms with Gasteiger partial charge in [-0.05, 0) is 31.9 Å². The Bertz CT molecular complexity index is 576. The molecule has 0 spiro atoms. The summed E-state index contributed by atoms with van der Waals surface area (Å²) in [5.74, 6) is 0.101. The number of nitrogens with one attached hydrogen (secondary N) is 2. The van der Waals surface area contributed by atoms with Gasteiger partial charge in [0.15, 0.2) is 0 Å². The summed E-state index contributed by atoms with van der Waals surface area (Å²) in [7, 11) is 0. The van der Waals surface area contributed by atoms with Crippen LogP contribution in [0.4, 0.5) is 5.95 Å². The molecule has 2 heterocycles. The fourth-order valence-corrected chi connectivity index (χ4v) is 2.66. The van der Waals surface area contributed by atoms with E-state index in [9.17, 15) is 4.79 Å². The fourth-order valence-electron chi connectivity index (χ4n) is 1.65. The summed E-state index contributed by atoms with van der Waals surface area (Å²) in [6.45, 7) is 6.41. The Morgan fingerprint density at radius 1 is 1.53 bits per heavy atom. The quantitative estimate of drug-likeness (QED) is 0.881. The number of aryl methyl sites for hydroxylation is 2. The Balaban J connectivity index is 2.06. The first-order chi connectivity index (χ1) is 9.13. The monoisotopic (exact) mass is 280 g/mol. The molecule has 2 rings (SSSR count). The normalized spacial score (nSPS) is 10.5. The average molecular weight is 280 g/mol. The molecule has 0 saturated heterocycles. The lowest BCUT2D eigenvalue weighted by molar-refractivity contribution is 0.102. The fraction of sp³-hybridized carbons (Fsp3) is 0.417. The van der Waals surface area contributed by atoms with Crippen molar-refractivity contribution < 1.29 is 9.53 Å². The van der Waals surface area contributed by atoms with E-state index in [2.05, 4.69) is 27.4 Å². The number of carbonyl (C=O) groups is 1. The molecule has 0 bridgehead atoms. The molecule has 6 nitrogen and oxygen atoms in total. The number of hydrogen-bond acceptors (Lipinski definition) is 5. The summed E-state index contributed by atoms with van der Waals surface area (Å²) < 4.78 is 5.11. The summed E-state index contributed by atoms with van der Waals surface area (Å²) in [4.78, 5) is 17.9. The van der Waals surface area contributed by atoms with E-state index < -0.39 is 0 Å². The van der Waals surface area contributed by atoms with Gasteiger partial charge in [0.2, 0.25) is 5.95 Å². The summed E-state index contributed by atoms with van der Waals surface area (Å²) >= 11 is 1.48. The second-order valence-corrected chi connectivity index (χ2v) is 5.16. The number of thiophene rings is 1. The van der Waals surface area contributed by atoms with Crippen molar-refractivity contribution in [3.05, 3.63) is 21.4 Å². The van der Waals surface area contributed by atoms with Crippen LogP contribution in [0, 0.1) is 6.92 Å². The zero-order valence-corrected chi connectivity index (χ0v) is 11.9. The Morgan fingerprint density at radius 3 is 2.95 bits per heavy atom. The van der Waals surface area contributed by atoms with Crippen LogP contribution in [0.2, 0.25) is 0 Å². The molecule has 0 saturated carbocycles. The van der Waals surface area contributed by atoms with Crippen molar-refractivity contribution in [1.82, 2.24) is 15.2 Å². The summed E-state index contributed by atoms with van der Waals surface area (Å²) in [5.41, 5.74) is 1.20. The smallest absolute Gasteiger partial charge is 0.337 e. The number of aromatic amines is 1. The van der Waals surface area contributed by atoms with Gasteiger partial charge < -0.3 is 4.74 Å². The van der Waals surface area contributed by atoms with E-state index in [0.717, 1.165) is 6.42 Å². The molecule has 2 aromatic rings. The van der Waals surface area contributed by atoms with Crippen molar-refractivity contribution in [2.24, 2.45) is 0 Å². The van der Waals surface area contributed by atoms with Gasteiger partial charge in [0.1, 0.15) is 0 Å². The molecule has 2 N–H and O–H groups in total. The van der Waals surface area contributed by atoms with E-state index >= 15 is 0 Å². The summed E-state index contributed by atoms with van der Waals surface area (Å²) in [5, 5.41) is 9.10. The van der Waals surface area contributed by atoms with Gasteiger partial charge in [0.25, 0.3) is 5.91 Å². The van der Waals surface area contributed by atoms with Crippen LogP contribution in [0.15, 0.2) is 6.07 Å². The van der Waals surface area contributed by atoms with Crippen molar-refractivity contribution in [2.75, 3.05) is 11.9 Å². The first kappa shape index (κ1) is 13.5. The maximum absolute atomic E-state index is 12.0. The Kier molecular flexibility index (Phi) is 4.16. The zero-order chi connectivity index (χ0) is 13.8. The number of ether oxygens (including phenoxy) is 1. The molecule has 0 aliphatic carbocycles. The SMILES string of the molecule is CCOc1n[nH]c(NC(=O)c2cc(CC)c(C)s2)n1. The molecule has 0 radical (unpaired) electrons. The molecule has 0 aliphatic rings. The number of nitrogens with zero attached hydrogens (tertiary/aromatic N) is 2. The minimum Gasteiger partial charge on any atom is -0.463 e. The second-order valence-electron chi connectivity index (χ2n) is 3.90. The van der Waals surface area contributed by atoms with E-state index in [1.54, 1.807) is 0 Å². The maximum atomic E-state index is 12.0. The highest BCUT2D eigenvalue weighted by atomic mass is 32.1. The molecule has 0 aliphatic heterocycles. The van der Waals surface area contributed by atoms with E-state index in [4.69, 9.17) is 4.74 Å². The van der Waals surface area contributed by atoms with Crippen LogP contribution >= 0.6 is 11.3 Å². The molecule has 19 heavy (non-hydrogen) atoms. The van der Waals surface area contributed by atoms with Crippen LogP contribution < -0.4 is 10.1 Å². The molecule has 102 valence electrons. The lowest BCUT2D eigenvalue weighted by Gasteiger charge is -1.97. The predicted molar refractivity (Wildman–Crippen MR) is 73.9 cm³/mol. The van der Waals surface area contributed by atoms with Crippen LogP contribution in [0.3, 0.4) is 0 Å². The van der Waals surface area contributed by atoms with Gasteiger partial charge in [-0.1, -0.05) is 6.92 Å². The van der Waals surface area contributed by atoms with Gasteiger partial charge in [0, 0.05) is 4.88 Å². The minimum absolute atomic E-state index is 0.188. The van der Waals surface area contributed by atoms with Crippen molar-refractivity contribution in [3.8, 4) is 6.01 Å². The molecule has 0 unspecified atom stereocenters. The number of anilines is 1. The van der Waals surface area contributed by atoms with Crippen LogP contribution in [0.5, 0.6) is 6.01 Å². The minimum atomic E-state index is -0.188. The second kappa shape index (κ2) is 5.83. The average Bonchev–Trinajstić information content (AvgIpc) is 2.96. The first-order valence-corrected chi connectivity index (χ1v) is 6.91. The number of H-pyrrole nitrogens is 1. The van der Waals surface area contributed by atoms with Gasteiger partial charge in [-0.2, -0.15) is 4.98 Å². The summed E-state index contributed by atoms with van der Waals surface area (Å²) in [6, 6.07) is 2.14. The number of rotatable bonds is 5. The van der Waals surface area contributed by atoms with E-state index in [1.807, 2.05) is 19.9 Å². The number of amides is 1. The predicted octanol–water partition coefficient (Wildman–Crippen LogP) is 2.39. The van der Waals surface area contributed by atoms with Gasteiger partial charge in [-0.3, -0.25) is 10.1 Å². The largest absolute Gasteiger partial charge is 0.463 e. The van der Waals surface area contributed by atoms with Crippen molar-refractivity contribution in [3.63, 3.8) is 0 Å². The van der Waals surface area contributed by atoms with Crippen LogP contribution in [0.25, 0.3) is 0 Å². The lowest BCUT2D eigenvalue weighted by atomic mass is 10.2. The number of carbonyl (C=O) groups excluding carboxylic acids is 1. The van der Waals surface area contributed by atoms with Gasteiger partial charge in [-0.25, -0.2) is 5.10 Å². The first-order valence-electron chi connectivity index (χ1n) is 6.09. The lowest BCUT2D eigenvalue weighted by Crippen LogP contribution is -2.11. The molecular weight excluding hydrogens is 264 g/mol. The van der Waals surface area contributed by atoms with Gasteiger partial charge >= 0.3 is 6.01 Å². The van der Waals surface area contributed by atoms with E-state index in [-0.39, 0.29) is 17.9 Å². The van der Waals surface area contributed by atoms with Gasteiger partial charge in [-0.15, -0.1) is 16.4 Å². The van der Waals surface area contributed by atoms with Crippen molar-refractivity contribution in [1.29, 1.82) is 0 Å². The third-order valence-corrected chi connectivity index (χ3v) is 3.69. The van der Waals surface area contributed by atoms with Gasteiger partial charge in [0.05, 0.1) is 11.5 Å². The van der Waals surface area contributed by atoms with E-state index in [1.165, 1.54) is 21.8 Å². The third-order valence-electron chi connectivity index (χ3n) is 2.60. The molecule has 7 heteroatoms. The van der Waals surface area contributed by atoms with E-state index in [0.29, 0.717) is 11.5 Å². The third kappa shape index (κ3) is 3.11. The highest BCUT2D eigenvalue weighted by Crippen LogP contribution is 2.22. The standard InChI is InChI=1S/C12H16N4O2S/c1-4-8-6-9(19-7(8)3)10(17)13-11-14-12(16-15-11)18-5-2/h6H,4-5H2,1-3H3,(H2,13,14,15,16,17). The highest BCUT2D eigenvalue weighted by molar-refractivity contribution is 7.14. The van der Waals surface area contributed by atoms with Crippen LogP contribution in [-0.2, 0) is 6.42 Å². The van der Waals surface area contributed by atoms with Crippen molar-refractivity contribution in [2.45, 2.75) is 27.2 Å². The molecular formula is C12H16N4O2S. The topological polar surface area (TPSA) is 79.9 Å². The molecule has 1 amide bonds. The number of aromatic nitrogens is 3. The molecule has 0 aromatic carbocycles. The molecule has 0 atom stereocenters. The highest BCUT2D eigenvalue weighted by Gasteiger charge is 2.13. The molecule has 2 aromatic heterocycles. The Hall–Kier alpha value is -1.89. The maximum Gasteiger partial charge on any atom is 0.337 e. The van der Waals surface area contributed by atoms with Crippen LogP contribution in [0.1, 0.15) is 34.0 Å². The Labute approximate surface area is 115 Å². The van der Waals surface area contributed by atoms with Crippen LogP contribution in [-0.4, -0.2) is 27.7 Å². The van der Waals surface area contributed by atoms with Crippen molar-refractivity contribution >= 4 is 23.2 Å². The molecule has 0 fully saturated rings. The summed E-state index contributed by atoms with van der Waals surface area (Å²) in [6.07, 6.45) is 0.923. The zero-order valence-electron chi connectivity index (χ0n) is 11.1. The number of hydrogen-bond donors (Lipinski definition) is 2.